The SMILES string of the molecule is CC1CCN(C2CCCC(C#N)(NC(C)C)C2)CC1. The van der Waals surface area contributed by atoms with E-state index < -0.39 is 0 Å². The lowest BCUT2D eigenvalue weighted by molar-refractivity contribution is 0.0845. The van der Waals surface area contributed by atoms with Gasteiger partial charge in [-0.25, -0.2) is 0 Å². The fraction of sp³-hybridized carbons (Fsp3) is 0.938. The maximum atomic E-state index is 9.62. The number of nitriles is 1. The molecule has 1 saturated carbocycles. The maximum Gasteiger partial charge on any atom is 0.108 e. The zero-order chi connectivity index (χ0) is 13.9. The van der Waals surface area contributed by atoms with Crippen molar-refractivity contribution >= 4 is 0 Å². The average Bonchev–Trinajstić information content (AvgIpc) is 2.39. The summed E-state index contributed by atoms with van der Waals surface area (Å²) in [7, 11) is 0. The van der Waals surface area contributed by atoms with Crippen molar-refractivity contribution in [1.29, 1.82) is 5.26 Å². The molecule has 108 valence electrons. The fourth-order valence-corrected chi connectivity index (χ4v) is 3.77. The Morgan fingerprint density at radius 2 is 1.95 bits per heavy atom. The van der Waals surface area contributed by atoms with Crippen LogP contribution in [0.1, 0.15) is 59.3 Å². The van der Waals surface area contributed by atoms with Crippen molar-refractivity contribution in [2.45, 2.75) is 76.9 Å². The molecular weight excluding hydrogens is 234 g/mol. The summed E-state index contributed by atoms with van der Waals surface area (Å²) in [4.78, 5) is 2.65. The zero-order valence-electron chi connectivity index (χ0n) is 12.8. The van der Waals surface area contributed by atoms with E-state index in [1.165, 1.54) is 38.8 Å². The van der Waals surface area contributed by atoms with Crippen molar-refractivity contribution < 1.29 is 0 Å². The molecule has 0 bridgehead atoms. The molecule has 2 aliphatic rings. The highest BCUT2D eigenvalue weighted by Gasteiger charge is 2.39. The van der Waals surface area contributed by atoms with Gasteiger partial charge in [-0.15, -0.1) is 0 Å². The van der Waals surface area contributed by atoms with E-state index in [-0.39, 0.29) is 5.54 Å². The summed E-state index contributed by atoms with van der Waals surface area (Å²) in [6.07, 6.45) is 7.14. The summed E-state index contributed by atoms with van der Waals surface area (Å²) in [6.45, 7) is 9.11. The van der Waals surface area contributed by atoms with Gasteiger partial charge in [0.1, 0.15) is 5.54 Å². The van der Waals surface area contributed by atoms with Gasteiger partial charge in [-0.1, -0.05) is 6.92 Å². The maximum absolute atomic E-state index is 9.62. The third kappa shape index (κ3) is 3.70. The van der Waals surface area contributed by atoms with Gasteiger partial charge in [-0.05, 0) is 71.4 Å². The van der Waals surface area contributed by atoms with Crippen LogP contribution in [-0.4, -0.2) is 35.6 Å². The van der Waals surface area contributed by atoms with Gasteiger partial charge in [0.2, 0.25) is 0 Å². The molecular formula is C16H29N3. The highest BCUT2D eigenvalue weighted by Crippen LogP contribution is 2.33. The second kappa shape index (κ2) is 6.24. The molecule has 1 aliphatic carbocycles. The highest BCUT2D eigenvalue weighted by molar-refractivity contribution is 5.11. The molecule has 2 fully saturated rings. The van der Waals surface area contributed by atoms with E-state index in [4.69, 9.17) is 0 Å². The first-order valence-electron chi connectivity index (χ1n) is 7.98. The van der Waals surface area contributed by atoms with Gasteiger partial charge >= 0.3 is 0 Å². The highest BCUT2D eigenvalue weighted by atomic mass is 15.2. The summed E-state index contributed by atoms with van der Waals surface area (Å²) in [5.41, 5.74) is -0.278. The Morgan fingerprint density at radius 3 is 2.53 bits per heavy atom. The average molecular weight is 263 g/mol. The molecule has 2 unspecified atom stereocenters. The van der Waals surface area contributed by atoms with Gasteiger partial charge in [-0.2, -0.15) is 5.26 Å². The van der Waals surface area contributed by atoms with E-state index in [2.05, 4.69) is 37.1 Å². The molecule has 1 aliphatic heterocycles. The van der Waals surface area contributed by atoms with Crippen LogP contribution in [0.25, 0.3) is 0 Å². The van der Waals surface area contributed by atoms with Crippen LogP contribution >= 0.6 is 0 Å². The van der Waals surface area contributed by atoms with Gasteiger partial charge in [0.05, 0.1) is 6.07 Å². The number of nitrogens with one attached hydrogen (secondary N) is 1. The first-order valence-corrected chi connectivity index (χ1v) is 7.98. The normalized spacial score (nSPS) is 34.4. The van der Waals surface area contributed by atoms with Crippen LogP contribution in [0.15, 0.2) is 0 Å². The van der Waals surface area contributed by atoms with Crippen molar-refractivity contribution in [3.63, 3.8) is 0 Å². The van der Waals surface area contributed by atoms with Crippen LogP contribution in [0.5, 0.6) is 0 Å². The van der Waals surface area contributed by atoms with Crippen molar-refractivity contribution in [2.24, 2.45) is 5.92 Å². The van der Waals surface area contributed by atoms with Crippen LogP contribution in [0, 0.1) is 17.2 Å². The van der Waals surface area contributed by atoms with Crippen molar-refractivity contribution in [1.82, 2.24) is 10.2 Å². The van der Waals surface area contributed by atoms with Gasteiger partial charge in [0.25, 0.3) is 0 Å². The Morgan fingerprint density at radius 1 is 1.26 bits per heavy atom. The Labute approximate surface area is 118 Å². The van der Waals surface area contributed by atoms with Crippen LogP contribution in [0.3, 0.4) is 0 Å². The quantitative estimate of drug-likeness (QED) is 0.851. The Bertz CT molecular complexity index is 325. The van der Waals surface area contributed by atoms with Crippen LogP contribution in [-0.2, 0) is 0 Å². The molecule has 0 radical (unpaired) electrons. The molecule has 2 rings (SSSR count). The minimum atomic E-state index is -0.278. The fourth-order valence-electron chi connectivity index (χ4n) is 3.77. The lowest BCUT2D eigenvalue weighted by Gasteiger charge is -2.44. The van der Waals surface area contributed by atoms with Gasteiger partial charge in [-0.3, -0.25) is 5.32 Å². The minimum absolute atomic E-state index is 0.278. The molecule has 1 saturated heterocycles. The predicted molar refractivity (Wildman–Crippen MR) is 78.8 cm³/mol. The Kier molecular flexibility index (Phi) is 4.86. The van der Waals surface area contributed by atoms with Crippen molar-refractivity contribution in [3.8, 4) is 6.07 Å². The van der Waals surface area contributed by atoms with E-state index >= 15 is 0 Å². The van der Waals surface area contributed by atoms with E-state index in [0.29, 0.717) is 12.1 Å². The van der Waals surface area contributed by atoms with E-state index in [9.17, 15) is 5.26 Å². The third-order valence-electron chi connectivity index (χ3n) is 4.84. The van der Waals surface area contributed by atoms with Crippen LogP contribution in [0.2, 0.25) is 0 Å². The summed E-state index contributed by atoms with van der Waals surface area (Å²) in [5.74, 6) is 0.884. The minimum Gasteiger partial charge on any atom is -0.300 e. The first kappa shape index (κ1) is 14.8. The van der Waals surface area contributed by atoms with Gasteiger partial charge in [0, 0.05) is 12.1 Å². The number of piperidine rings is 1. The topological polar surface area (TPSA) is 39.1 Å². The second-order valence-corrected chi connectivity index (χ2v) is 6.96. The third-order valence-corrected chi connectivity index (χ3v) is 4.84. The molecule has 0 aromatic carbocycles. The molecule has 0 amide bonds. The molecule has 2 atom stereocenters. The molecule has 1 heterocycles. The van der Waals surface area contributed by atoms with E-state index in [1.807, 2.05) is 0 Å². The molecule has 19 heavy (non-hydrogen) atoms. The van der Waals surface area contributed by atoms with Gasteiger partial charge < -0.3 is 4.90 Å². The van der Waals surface area contributed by atoms with Gasteiger partial charge in [0.15, 0.2) is 0 Å². The number of nitrogens with zero attached hydrogens (tertiary/aromatic N) is 2. The second-order valence-electron chi connectivity index (χ2n) is 6.96. The number of hydrogen-bond donors (Lipinski definition) is 1. The Balaban J connectivity index is 1.98. The standard InChI is InChI=1S/C16H29N3/c1-13(2)18-16(12-17)8-4-5-15(11-16)19-9-6-14(3)7-10-19/h13-15,18H,4-11H2,1-3H3. The lowest BCUT2D eigenvalue weighted by Crippen LogP contribution is -2.55. The summed E-state index contributed by atoms with van der Waals surface area (Å²) in [5, 5.41) is 13.2. The number of rotatable bonds is 3. The van der Waals surface area contributed by atoms with Crippen LogP contribution in [0.4, 0.5) is 0 Å². The predicted octanol–water partition coefficient (Wildman–Crippen LogP) is 2.92. The Hall–Kier alpha value is -0.590. The van der Waals surface area contributed by atoms with E-state index in [1.54, 1.807) is 0 Å². The summed E-state index contributed by atoms with van der Waals surface area (Å²) in [6, 6.07) is 3.60. The molecule has 0 aromatic rings. The number of likely N-dealkylation sites (tertiary alicyclic amines) is 1. The van der Waals surface area contributed by atoms with Crippen molar-refractivity contribution in [2.75, 3.05) is 13.1 Å². The summed E-state index contributed by atoms with van der Waals surface area (Å²) < 4.78 is 0. The zero-order valence-corrected chi connectivity index (χ0v) is 12.8. The summed E-state index contributed by atoms with van der Waals surface area (Å²) >= 11 is 0. The molecule has 0 aromatic heterocycles. The smallest absolute Gasteiger partial charge is 0.108 e. The number of hydrogen-bond acceptors (Lipinski definition) is 3. The van der Waals surface area contributed by atoms with Crippen LogP contribution < -0.4 is 5.32 Å². The lowest BCUT2D eigenvalue weighted by atomic mass is 9.78. The molecule has 0 spiro atoms. The molecule has 3 heteroatoms. The van der Waals surface area contributed by atoms with Crippen molar-refractivity contribution in [3.05, 3.63) is 0 Å². The molecule has 3 nitrogen and oxygen atoms in total. The van der Waals surface area contributed by atoms with E-state index in [0.717, 1.165) is 18.8 Å². The molecule has 1 N–H and O–H groups in total. The largest absolute Gasteiger partial charge is 0.300 e. The first-order chi connectivity index (χ1) is 9.04. The monoisotopic (exact) mass is 263 g/mol.